The summed E-state index contributed by atoms with van der Waals surface area (Å²) in [5, 5.41) is 10.7. The third-order valence-corrected chi connectivity index (χ3v) is 4.15. The summed E-state index contributed by atoms with van der Waals surface area (Å²) in [6.07, 6.45) is 0. The van der Waals surface area contributed by atoms with Gasteiger partial charge in [0, 0.05) is 11.4 Å². The summed E-state index contributed by atoms with van der Waals surface area (Å²) in [6.45, 7) is 0. The Kier molecular flexibility index (Phi) is 2.94. The van der Waals surface area contributed by atoms with Crippen LogP contribution in [0.25, 0.3) is 10.8 Å². The van der Waals surface area contributed by atoms with E-state index in [1.807, 2.05) is 0 Å². The molecule has 0 bridgehead atoms. The monoisotopic (exact) mass is 351 g/mol. The lowest BCUT2D eigenvalue weighted by Gasteiger charge is -1.86. The molecule has 0 atom stereocenters. The lowest BCUT2D eigenvalue weighted by Crippen LogP contribution is -1.95. The van der Waals surface area contributed by atoms with Crippen LogP contribution in [0.5, 0.6) is 0 Å². The predicted octanol–water partition coefficient (Wildman–Crippen LogP) is 3.63. The maximum atomic E-state index is 10.6. The van der Waals surface area contributed by atoms with E-state index in [-0.39, 0.29) is 5.69 Å². The highest BCUT2D eigenvalue weighted by molar-refractivity contribution is 9.13. The molecule has 0 aromatic carbocycles. The summed E-state index contributed by atoms with van der Waals surface area (Å²) < 4.78 is 6.65. The van der Waals surface area contributed by atoms with Gasteiger partial charge in [-0.15, -0.1) is 11.3 Å². The van der Waals surface area contributed by atoms with E-state index in [0.29, 0.717) is 15.4 Å². The van der Waals surface area contributed by atoms with Gasteiger partial charge in [-0.3, -0.25) is 0 Å². The second kappa shape index (κ2) is 4.07. The van der Waals surface area contributed by atoms with E-state index in [9.17, 15) is 4.79 Å². The molecule has 2 aromatic rings. The molecular formula is C8H3Br2NO3S. The van der Waals surface area contributed by atoms with Gasteiger partial charge >= 0.3 is 5.97 Å². The van der Waals surface area contributed by atoms with Crippen molar-refractivity contribution in [2.45, 2.75) is 0 Å². The lowest BCUT2D eigenvalue weighted by molar-refractivity contribution is 0.0691. The Morgan fingerprint density at radius 3 is 2.73 bits per heavy atom. The average molecular weight is 353 g/mol. The molecule has 7 heteroatoms. The van der Waals surface area contributed by atoms with E-state index in [1.54, 1.807) is 6.07 Å². The normalized spacial score (nSPS) is 10.5. The first-order valence-corrected chi connectivity index (χ1v) is 6.18. The van der Waals surface area contributed by atoms with Gasteiger partial charge in [0.05, 0.1) is 4.47 Å². The Hall–Kier alpha value is -0.660. The number of thiazole rings is 1. The van der Waals surface area contributed by atoms with Crippen molar-refractivity contribution in [3.8, 4) is 10.8 Å². The number of hydrogen-bond donors (Lipinski definition) is 1. The van der Waals surface area contributed by atoms with Crippen LogP contribution in [0.1, 0.15) is 10.5 Å². The summed E-state index contributed by atoms with van der Waals surface area (Å²) in [6, 6.07) is 1.73. The van der Waals surface area contributed by atoms with Crippen LogP contribution in [0, 0.1) is 0 Å². The molecule has 1 N–H and O–H groups in total. The minimum atomic E-state index is -1.04. The summed E-state index contributed by atoms with van der Waals surface area (Å²) in [5.41, 5.74) is 0.0265. The van der Waals surface area contributed by atoms with Gasteiger partial charge in [0.25, 0.3) is 0 Å². The number of carboxylic acids is 1. The number of carbonyl (C=O) groups is 1. The van der Waals surface area contributed by atoms with Gasteiger partial charge in [0.1, 0.15) is 0 Å². The molecule has 2 rings (SSSR count). The zero-order valence-corrected chi connectivity index (χ0v) is 11.0. The number of nitrogens with zero attached hydrogens (tertiary/aromatic N) is 1. The fraction of sp³-hybridized carbons (Fsp3) is 0. The summed E-state index contributed by atoms with van der Waals surface area (Å²) in [4.78, 5) is 14.5. The Balaban J connectivity index is 2.41. The smallest absolute Gasteiger partial charge is 0.355 e. The van der Waals surface area contributed by atoms with Crippen molar-refractivity contribution in [2.24, 2.45) is 0 Å². The molecule has 78 valence electrons. The van der Waals surface area contributed by atoms with Crippen molar-refractivity contribution in [3.63, 3.8) is 0 Å². The molecule has 0 saturated carbocycles. The number of aromatic nitrogens is 1. The maximum absolute atomic E-state index is 10.6. The minimum absolute atomic E-state index is 0.0265. The maximum Gasteiger partial charge on any atom is 0.355 e. The predicted molar refractivity (Wildman–Crippen MR) is 62.2 cm³/mol. The van der Waals surface area contributed by atoms with Gasteiger partial charge in [-0.1, -0.05) is 0 Å². The summed E-state index contributed by atoms with van der Waals surface area (Å²) in [7, 11) is 0. The SMILES string of the molecule is O=C(O)c1csc(-c2cc(Br)c(Br)o2)n1. The van der Waals surface area contributed by atoms with E-state index in [4.69, 9.17) is 9.52 Å². The van der Waals surface area contributed by atoms with Gasteiger partial charge in [0.2, 0.25) is 0 Å². The number of furan rings is 1. The second-order valence-electron chi connectivity index (χ2n) is 2.58. The van der Waals surface area contributed by atoms with Crippen LogP contribution >= 0.6 is 43.2 Å². The molecule has 0 amide bonds. The molecular weight excluding hydrogens is 350 g/mol. The zero-order chi connectivity index (χ0) is 11.0. The van der Waals surface area contributed by atoms with Crippen LogP contribution in [0.15, 0.2) is 25.0 Å². The molecule has 15 heavy (non-hydrogen) atoms. The molecule has 2 heterocycles. The Labute approximate surface area is 105 Å². The Morgan fingerprint density at radius 2 is 2.27 bits per heavy atom. The van der Waals surface area contributed by atoms with Crippen LogP contribution in [0.4, 0.5) is 0 Å². The number of rotatable bonds is 2. The van der Waals surface area contributed by atoms with Crippen molar-refractivity contribution < 1.29 is 14.3 Å². The molecule has 0 spiro atoms. The number of halogens is 2. The summed E-state index contributed by atoms with van der Waals surface area (Å²) in [5.74, 6) is -0.506. The molecule has 0 aliphatic carbocycles. The number of carboxylic acid groups (broad SMARTS) is 1. The van der Waals surface area contributed by atoms with Crippen molar-refractivity contribution in [1.29, 1.82) is 0 Å². The highest BCUT2D eigenvalue weighted by atomic mass is 79.9. The van der Waals surface area contributed by atoms with E-state index in [1.165, 1.54) is 16.7 Å². The lowest BCUT2D eigenvalue weighted by atomic mass is 10.4. The van der Waals surface area contributed by atoms with Crippen LogP contribution in [-0.2, 0) is 0 Å². The molecule has 2 aromatic heterocycles. The van der Waals surface area contributed by atoms with Crippen molar-refractivity contribution in [1.82, 2.24) is 4.98 Å². The quantitative estimate of drug-likeness (QED) is 0.896. The van der Waals surface area contributed by atoms with Gasteiger partial charge in [-0.05, 0) is 31.9 Å². The van der Waals surface area contributed by atoms with Crippen molar-refractivity contribution >= 4 is 49.2 Å². The molecule has 0 aliphatic heterocycles. The van der Waals surface area contributed by atoms with Gasteiger partial charge in [0.15, 0.2) is 21.1 Å². The third-order valence-electron chi connectivity index (χ3n) is 1.58. The van der Waals surface area contributed by atoms with Crippen LogP contribution in [0.3, 0.4) is 0 Å². The number of hydrogen-bond acceptors (Lipinski definition) is 4. The van der Waals surface area contributed by atoms with E-state index >= 15 is 0 Å². The van der Waals surface area contributed by atoms with Crippen molar-refractivity contribution in [3.05, 3.63) is 26.3 Å². The topological polar surface area (TPSA) is 63.3 Å². The van der Waals surface area contributed by atoms with Gasteiger partial charge < -0.3 is 9.52 Å². The average Bonchev–Trinajstić information content (AvgIpc) is 2.74. The standard InChI is InChI=1S/C8H3Br2NO3S/c9-3-1-5(14-6(3)10)7-11-4(2-15-7)8(12)13/h1-2H,(H,12,13). The third kappa shape index (κ3) is 2.14. The highest BCUT2D eigenvalue weighted by Crippen LogP contribution is 2.34. The first-order valence-electron chi connectivity index (χ1n) is 3.72. The first-order chi connectivity index (χ1) is 7.08. The molecule has 4 nitrogen and oxygen atoms in total. The van der Waals surface area contributed by atoms with Gasteiger partial charge in [-0.2, -0.15) is 0 Å². The summed E-state index contributed by atoms with van der Waals surface area (Å²) >= 11 is 7.69. The molecule has 0 saturated heterocycles. The molecule has 0 unspecified atom stereocenters. The zero-order valence-electron chi connectivity index (χ0n) is 7.03. The minimum Gasteiger partial charge on any atom is -0.476 e. The molecule has 0 fully saturated rings. The number of aromatic carboxylic acids is 1. The fourth-order valence-corrected chi connectivity index (χ4v) is 2.26. The Bertz CT molecular complexity index is 500. The molecule has 0 radical (unpaired) electrons. The van der Waals surface area contributed by atoms with E-state index < -0.39 is 5.97 Å². The highest BCUT2D eigenvalue weighted by Gasteiger charge is 2.14. The van der Waals surface area contributed by atoms with Crippen LogP contribution in [-0.4, -0.2) is 16.1 Å². The van der Waals surface area contributed by atoms with Crippen LogP contribution in [0.2, 0.25) is 0 Å². The van der Waals surface area contributed by atoms with Gasteiger partial charge in [-0.25, -0.2) is 9.78 Å². The van der Waals surface area contributed by atoms with Crippen LogP contribution < -0.4 is 0 Å². The van der Waals surface area contributed by atoms with Crippen molar-refractivity contribution in [2.75, 3.05) is 0 Å². The largest absolute Gasteiger partial charge is 0.476 e. The van der Waals surface area contributed by atoms with E-state index in [0.717, 1.165) is 4.47 Å². The Morgan fingerprint density at radius 1 is 1.53 bits per heavy atom. The second-order valence-corrected chi connectivity index (χ2v) is 5.01. The fourth-order valence-electron chi connectivity index (χ4n) is 0.937. The van der Waals surface area contributed by atoms with E-state index in [2.05, 4.69) is 36.8 Å². The first kappa shape index (κ1) is 10.8. The molecule has 0 aliphatic rings.